The lowest BCUT2D eigenvalue weighted by atomic mass is 10.2. The summed E-state index contributed by atoms with van der Waals surface area (Å²) in [5, 5.41) is 1.24. The van der Waals surface area contributed by atoms with Gasteiger partial charge in [0.2, 0.25) is 5.89 Å². The summed E-state index contributed by atoms with van der Waals surface area (Å²) in [6.07, 6.45) is 1.34. The highest BCUT2D eigenvalue weighted by Gasteiger charge is 2.17. The quantitative estimate of drug-likeness (QED) is 0.557. The largest absolute Gasteiger partial charge is 0.444 e. The number of nitrogens with zero attached hydrogens (tertiary/aromatic N) is 1. The van der Waals surface area contributed by atoms with Crippen molar-refractivity contribution in [3.63, 3.8) is 0 Å². The maximum absolute atomic E-state index is 12.4. The molecule has 0 unspecified atom stereocenters. The van der Waals surface area contributed by atoms with Crippen molar-refractivity contribution in [2.45, 2.75) is 11.5 Å². The number of oxazole rings is 1. The van der Waals surface area contributed by atoms with Crippen LogP contribution >= 0.6 is 34.8 Å². The molecule has 0 N–H and O–H groups in total. The molecule has 1 aromatic heterocycles. The smallest absolute Gasteiger partial charge is 0.226 e. The molecule has 0 bridgehead atoms. The van der Waals surface area contributed by atoms with Crippen LogP contribution in [0.15, 0.2) is 53.1 Å². The van der Waals surface area contributed by atoms with Crippen molar-refractivity contribution in [3.8, 4) is 11.5 Å². The molecule has 1 heterocycles. The Balaban J connectivity index is 1.76. The lowest BCUT2D eigenvalue weighted by molar-refractivity contribution is 0.571. The normalized spacial score (nSPS) is 11.6. The van der Waals surface area contributed by atoms with E-state index in [4.69, 9.17) is 39.2 Å². The van der Waals surface area contributed by atoms with Gasteiger partial charge >= 0.3 is 0 Å². The molecule has 3 rings (SSSR count). The van der Waals surface area contributed by atoms with Crippen LogP contribution < -0.4 is 0 Å². The van der Waals surface area contributed by atoms with Gasteiger partial charge in [0.25, 0.3) is 0 Å². The number of hydrogen-bond donors (Lipinski definition) is 0. The predicted molar refractivity (Wildman–Crippen MR) is 99.7 cm³/mol. The van der Waals surface area contributed by atoms with E-state index in [1.54, 1.807) is 42.5 Å². The van der Waals surface area contributed by atoms with Crippen molar-refractivity contribution < 1.29 is 12.8 Å². The lowest BCUT2D eigenvalue weighted by Crippen LogP contribution is -2.08. The summed E-state index contributed by atoms with van der Waals surface area (Å²) >= 11 is 17.7. The summed E-state index contributed by atoms with van der Waals surface area (Å²) in [4.78, 5) is 4.23. The van der Waals surface area contributed by atoms with E-state index in [0.29, 0.717) is 37.8 Å². The van der Waals surface area contributed by atoms with Crippen LogP contribution in [0.5, 0.6) is 0 Å². The second-order valence-corrected chi connectivity index (χ2v) is 8.75. The second kappa shape index (κ2) is 7.38. The SMILES string of the molecule is O=S(=O)(Cc1ccc(Cl)c(Cl)c1)Cc1coc(-c2cccc(Cl)c2)n1. The molecule has 0 spiro atoms. The van der Waals surface area contributed by atoms with E-state index in [2.05, 4.69) is 4.98 Å². The summed E-state index contributed by atoms with van der Waals surface area (Å²) in [5.41, 5.74) is 1.57. The molecule has 0 fully saturated rings. The molecular formula is C17H12Cl3NO3S. The van der Waals surface area contributed by atoms with Gasteiger partial charge in [-0.3, -0.25) is 0 Å². The minimum atomic E-state index is -3.44. The molecule has 3 aromatic rings. The van der Waals surface area contributed by atoms with Gasteiger partial charge in [-0.05, 0) is 35.9 Å². The first-order chi connectivity index (χ1) is 11.8. The molecule has 4 nitrogen and oxygen atoms in total. The molecule has 0 saturated heterocycles. The Hall–Kier alpha value is -1.53. The molecule has 130 valence electrons. The molecule has 0 aliphatic rings. The van der Waals surface area contributed by atoms with Crippen molar-refractivity contribution in [2.24, 2.45) is 0 Å². The van der Waals surface area contributed by atoms with Gasteiger partial charge in [0, 0.05) is 10.6 Å². The lowest BCUT2D eigenvalue weighted by Gasteiger charge is -2.04. The van der Waals surface area contributed by atoms with Gasteiger partial charge < -0.3 is 4.42 Å². The van der Waals surface area contributed by atoms with E-state index >= 15 is 0 Å². The predicted octanol–water partition coefficient (Wildman–Crippen LogP) is 5.42. The van der Waals surface area contributed by atoms with E-state index in [1.807, 2.05) is 0 Å². The first-order valence-electron chi connectivity index (χ1n) is 7.17. The highest BCUT2D eigenvalue weighted by atomic mass is 35.5. The van der Waals surface area contributed by atoms with Crippen LogP contribution in [0.4, 0.5) is 0 Å². The standard InChI is InChI=1S/C17H12Cl3NO3S/c18-13-3-1-2-12(7-13)17-21-14(8-24-17)10-25(22,23)9-11-4-5-15(19)16(20)6-11/h1-8H,9-10H2. The zero-order valence-corrected chi connectivity index (χ0v) is 15.8. The Morgan fingerprint density at radius 2 is 1.76 bits per heavy atom. The zero-order valence-electron chi connectivity index (χ0n) is 12.7. The molecule has 0 radical (unpaired) electrons. The highest BCUT2D eigenvalue weighted by Crippen LogP contribution is 2.25. The molecule has 0 atom stereocenters. The molecule has 0 saturated carbocycles. The molecule has 0 aliphatic heterocycles. The van der Waals surface area contributed by atoms with E-state index in [1.165, 1.54) is 6.26 Å². The van der Waals surface area contributed by atoms with Crippen LogP contribution in [0.2, 0.25) is 15.1 Å². The Bertz CT molecular complexity index is 1020. The van der Waals surface area contributed by atoms with Crippen LogP contribution in [-0.4, -0.2) is 13.4 Å². The highest BCUT2D eigenvalue weighted by molar-refractivity contribution is 7.89. The van der Waals surface area contributed by atoms with E-state index in [9.17, 15) is 8.42 Å². The van der Waals surface area contributed by atoms with Crippen LogP contribution in [0.25, 0.3) is 11.5 Å². The molecular weight excluding hydrogens is 405 g/mol. The molecule has 0 aliphatic carbocycles. The topological polar surface area (TPSA) is 60.2 Å². The third-order valence-electron chi connectivity index (χ3n) is 3.36. The third-order valence-corrected chi connectivity index (χ3v) is 5.84. The van der Waals surface area contributed by atoms with Gasteiger partial charge in [-0.2, -0.15) is 0 Å². The fraction of sp³-hybridized carbons (Fsp3) is 0.118. The second-order valence-electron chi connectivity index (χ2n) is 5.44. The van der Waals surface area contributed by atoms with Crippen molar-refractivity contribution in [1.82, 2.24) is 4.98 Å². The van der Waals surface area contributed by atoms with E-state index in [0.717, 1.165) is 0 Å². The Labute approximate surface area is 160 Å². The van der Waals surface area contributed by atoms with Crippen molar-refractivity contribution in [2.75, 3.05) is 0 Å². The van der Waals surface area contributed by atoms with Gasteiger partial charge in [-0.15, -0.1) is 0 Å². The number of aromatic nitrogens is 1. The summed E-state index contributed by atoms with van der Waals surface area (Å²) in [5.74, 6) is -0.0807. The van der Waals surface area contributed by atoms with Crippen LogP contribution in [-0.2, 0) is 21.3 Å². The van der Waals surface area contributed by atoms with Gasteiger partial charge in [-0.1, -0.05) is 46.9 Å². The van der Waals surface area contributed by atoms with Crippen LogP contribution in [0.3, 0.4) is 0 Å². The maximum atomic E-state index is 12.4. The molecule has 2 aromatic carbocycles. The van der Waals surface area contributed by atoms with Gasteiger partial charge in [-0.25, -0.2) is 13.4 Å². The van der Waals surface area contributed by atoms with Gasteiger partial charge in [0.05, 0.1) is 27.2 Å². The molecule has 8 heteroatoms. The van der Waals surface area contributed by atoms with Crippen molar-refractivity contribution >= 4 is 44.6 Å². The number of rotatable bonds is 5. The van der Waals surface area contributed by atoms with Gasteiger partial charge in [0.1, 0.15) is 6.26 Å². The fourth-order valence-corrected chi connectivity index (χ4v) is 4.17. The monoisotopic (exact) mass is 415 g/mol. The zero-order chi connectivity index (χ0) is 18.0. The van der Waals surface area contributed by atoms with Gasteiger partial charge in [0.15, 0.2) is 9.84 Å². The Kier molecular flexibility index (Phi) is 5.39. The Morgan fingerprint density at radius 1 is 0.960 bits per heavy atom. The maximum Gasteiger partial charge on any atom is 0.226 e. The van der Waals surface area contributed by atoms with Crippen molar-refractivity contribution in [3.05, 3.63) is 75.1 Å². The Morgan fingerprint density at radius 3 is 2.48 bits per heavy atom. The average molecular weight is 417 g/mol. The number of benzene rings is 2. The molecule has 0 amide bonds. The summed E-state index contributed by atoms with van der Waals surface area (Å²) in [6, 6.07) is 11.7. The number of sulfone groups is 1. The van der Waals surface area contributed by atoms with Crippen LogP contribution in [0, 0.1) is 0 Å². The minimum Gasteiger partial charge on any atom is -0.444 e. The summed E-state index contributed by atoms with van der Waals surface area (Å²) in [6.45, 7) is 0. The third kappa shape index (κ3) is 4.76. The molecule has 25 heavy (non-hydrogen) atoms. The van der Waals surface area contributed by atoms with Crippen molar-refractivity contribution in [1.29, 1.82) is 0 Å². The van der Waals surface area contributed by atoms with E-state index in [-0.39, 0.29) is 11.5 Å². The first-order valence-corrected chi connectivity index (χ1v) is 10.1. The number of halogens is 3. The minimum absolute atomic E-state index is 0.163. The van der Waals surface area contributed by atoms with Crippen LogP contribution in [0.1, 0.15) is 11.3 Å². The average Bonchev–Trinajstić information content (AvgIpc) is 2.98. The summed E-state index contributed by atoms with van der Waals surface area (Å²) in [7, 11) is -3.44. The fourth-order valence-electron chi connectivity index (χ4n) is 2.29. The summed E-state index contributed by atoms with van der Waals surface area (Å²) < 4.78 is 30.1. The number of hydrogen-bond acceptors (Lipinski definition) is 4. The van der Waals surface area contributed by atoms with E-state index < -0.39 is 9.84 Å². The first kappa shape index (κ1) is 18.3.